The van der Waals surface area contributed by atoms with Gasteiger partial charge in [-0.1, -0.05) is 0 Å². The molecule has 18 heavy (non-hydrogen) atoms. The molecule has 0 rings (SSSR count). The lowest BCUT2D eigenvalue weighted by atomic mass is 10.1. The minimum Gasteiger partial charge on any atom is -0.379 e. The van der Waals surface area contributed by atoms with Crippen LogP contribution in [0, 0.1) is 0 Å². The molecule has 0 bridgehead atoms. The van der Waals surface area contributed by atoms with Gasteiger partial charge in [-0.2, -0.15) is 0 Å². The number of rotatable bonds is 12. The zero-order valence-electron chi connectivity index (χ0n) is 13.3. The first-order valence-corrected chi connectivity index (χ1v) is 7.76. The van der Waals surface area contributed by atoms with Gasteiger partial charge in [-0.25, -0.2) is 0 Å². The fourth-order valence-electron chi connectivity index (χ4n) is 2.25. The quantitative estimate of drug-likeness (QED) is 0.474. The van der Waals surface area contributed by atoms with Crippen molar-refractivity contribution in [3.05, 3.63) is 0 Å². The Bertz CT molecular complexity index is 156. The fourth-order valence-corrected chi connectivity index (χ4v) is 2.25. The first-order valence-electron chi connectivity index (χ1n) is 7.76. The number of quaternary nitrogens is 2. The van der Waals surface area contributed by atoms with E-state index in [1.54, 1.807) is 9.80 Å². The number of hydrogen-bond donors (Lipinski definition) is 2. The monoisotopic (exact) mass is 260 g/mol. The van der Waals surface area contributed by atoms with Crippen LogP contribution >= 0.6 is 0 Å². The third-order valence-electron chi connectivity index (χ3n) is 3.31. The first-order chi connectivity index (χ1) is 8.56. The molecule has 0 aliphatic heterocycles. The summed E-state index contributed by atoms with van der Waals surface area (Å²) in [7, 11) is 8.90. The molecular formula is C15H36N2O+2. The van der Waals surface area contributed by atoms with Crippen molar-refractivity contribution in [3.63, 3.8) is 0 Å². The molecule has 0 aromatic heterocycles. The van der Waals surface area contributed by atoms with Gasteiger partial charge < -0.3 is 14.5 Å². The molecule has 0 amide bonds. The van der Waals surface area contributed by atoms with E-state index in [9.17, 15) is 0 Å². The van der Waals surface area contributed by atoms with Crippen molar-refractivity contribution < 1.29 is 14.5 Å². The SMILES string of the molecule is CCOC(CCCC[NH+](C)C)CCCC[NH+](C)C. The van der Waals surface area contributed by atoms with E-state index < -0.39 is 0 Å². The van der Waals surface area contributed by atoms with Gasteiger partial charge in [0.1, 0.15) is 0 Å². The van der Waals surface area contributed by atoms with E-state index in [4.69, 9.17) is 4.74 Å². The normalized spacial score (nSPS) is 12.0. The van der Waals surface area contributed by atoms with Gasteiger partial charge in [-0.3, -0.25) is 0 Å². The van der Waals surface area contributed by atoms with Crippen LogP contribution in [0.2, 0.25) is 0 Å². The fraction of sp³-hybridized carbons (Fsp3) is 1.00. The van der Waals surface area contributed by atoms with Crippen LogP contribution in [0.15, 0.2) is 0 Å². The van der Waals surface area contributed by atoms with E-state index in [2.05, 4.69) is 35.1 Å². The Hall–Kier alpha value is -0.120. The topological polar surface area (TPSA) is 18.1 Å². The summed E-state index contributed by atoms with van der Waals surface area (Å²) >= 11 is 0. The lowest BCUT2D eigenvalue weighted by Crippen LogP contribution is -3.05. The number of nitrogens with one attached hydrogen (secondary N) is 2. The Balaban J connectivity index is 3.58. The largest absolute Gasteiger partial charge is 0.379 e. The van der Waals surface area contributed by atoms with Crippen LogP contribution in [0.1, 0.15) is 45.4 Å². The Morgan fingerprint density at radius 3 is 1.56 bits per heavy atom. The molecule has 0 aliphatic rings. The second-order valence-electron chi connectivity index (χ2n) is 5.98. The molecule has 0 aliphatic carbocycles. The highest BCUT2D eigenvalue weighted by atomic mass is 16.5. The predicted octanol–water partition coefficient (Wildman–Crippen LogP) is 0.0211. The number of hydrogen-bond acceptors (Lipinski definition) is 1. The molecule has 110 valence electrons. The van der Waals surface area contributed by atoms with Crippen LogP contribution in [0.3, 0.4) is 0 Å². The summed E-state index contributed by atoms with van der Waals surface area (Å²) in [6.07, 6.45) is 8.28. The van der Waals surface area contributed by atoms with Gasteiger partial charge in [-0.15, -0.1) is 0 Å². The van der Waals surface area contributed by atoms with Gasteiger partial charge >= 0.3 is 0 Å². The molecule has 2 N–H and O–H groups in total. The average Bonchev–Trinajstić information content (AvgIpc) is 2.29. The molecule has 3 nitrogen and oxygen atoms in total. The summed E-state index contributed by atoms with van der Waals surface area (Å²) in [6, 6.07) is 0. The second-order valence-corrected chi connectivity index (χ2v) is 5.98. The van der Waals surface area contributed by atoms with Gasteiger partial charge in [0, 0.05) is 6.61 Å². The average molecular weight is 260 g/mol. The van der Waals surface area contributed by atoms with E-state index in [1.807, 2.05) is 0 Å². The summed E-state index contributed by atoms with van der Waals surface area (Å²) in [5.74, 6) is 0. The molecule has 0 fully saturated rings. The van der Waals surface area contributed by atoms with Crippen molar-refractivity contribution in [2.45, 2.75) is 51.6 Å². The van der Waals surface area contributed by atoms with Crippen LogP contribution in [0.25, 0.3) is 0 Å². The second kappa shape index (κ2) is 11.9. The molecule has 0 heterocycles. The molecule has 0 aromatic carbocycles. The van der Waals surface area contributed by atoms with Gasteiger partial charge in [0.15, 0.2) is 0 Å². The maximum Gasteiger partial charge on any atom is 0.0766 e. The van der Waals surface area contributed by atoms with Crippen molar-refractivity contribution in [2.24, 2.45) is 0 Å². The summed E-state index contributed by atoms with van der Waals surface area (Å²) in [6.45, 7) is 5.54. The van der Waals surface area contributed by atoms with Gasteiger partial charge in [-0.05, 0) is 45.4 Å². The van der Waals surface area contributed by atoms with Crippen LogP contribution in [-0.4, -0.2) is 54.0 Å². The molecule has 0 saturated heterocycles. The Morgan fingerprint density at radius 1 is 0.778 bits per heavy atom. The Labute approximate surface area is 114 Å². The third kappa shape index (κ3) is 12.3. The van der Waals surface area contributed by atoms with E-state index in [0.29, 0.717) is 6.10 Å². The standard InChI is InChI=1S/C15H34N2O/c1-6-18-15(11-7-9-13-16(2)3)12-8-10-14-17(4)5/h15H,6-14H2,1-5H3/p+2. The van der Waals surface area contributed by atoms with Crippen molar-refractivity contribution in [3.8, 4) is 0 Å². The molecule has 0 saturated carbocycles. The molecule has 3 heteroatoms. The van der Waals surface area contributed by atoms with Gasteiger partial charge in [0.25, 0.3) is 0 Å². The lowest BCUT2D eigenvalue weighted by molar-refractivity contribution is -0.858. The highest BCUT2D eigenvalue weighted by molar-refractivity contribution is 4.59. The van der Waals surface area contributed by atoms with E-state index in [-0.39, 0.29) is 0 Å². The minimum absolute atomic E-state index is 0.504. The van der Waals surface area contributed by atoms with E-state index in [1.165, 1.54) is 51.6 Å². The highest BCUT2D eigenvalue weighted by Crippen LogP contribution is 2.11. The van der Waals surface area contributed by atoms with Gasteiger partial charge in [0.05, 0.1) is 47.4 Å². The molecule has 0 aromatic rings. The lowest BCUT2D eigenvalue weighted by Gasteiger charge is -2.17. The van der Waals surface area contributed by atoms with Crippen LogP contribution in [-0.2, 0) is 4.74 Å². The zero-order valence-corrected chi connectivity index (χ0v) is 13.3. The molecule has 0 atom stereocenters. The number of unbranched alkanes of at least 4 members (excludes halogenated alkanes) is 2. The zero-order chi connectivity index (χ0) is 13.8. The van der Waals surface area contributed by atoms with E-state index >= 15 is 0 Å². The number of ether oxygens (including phenoxy) is 1. The molecule has 0 radical (unpaired) electrons. The molecule has 0 unspecified atom stereocenters. The Kier molecular flexibility index (Phi) is 11.9. The summed E-state index contributed by atoms with van der Waals surface area (Å²) in [4.78, 5) is 3.11. The van der Waals surface area contributed by atoms with Crippen LogP contribution in [0.5, 0.6) is 0 Å². The summed E-state index contributed by atoms with van der Waals surface area (Å²) in [5.41, 5.74) is 0. The van der Waals surface area contributed by atoms with E-state index in [0.717, 1.165) is 6.61 Å². The summed E-state index contributed by atoms with van der Waals surface area (Å²) < 4.78 is 5.84. The first kappa shape index (κ1) is 17.9. The highest BCUT2D eigenvalue weighted by Gasteiger charge is 2.09. The summed E-state index contributed by atoms with van der Waals surface area (Å²) in [5, 5.41) is 0. The minimum atomic E-state index is 0.504. The Morgan fingerprint density at radius 2 is 1.22 bits per heavy atom. The maximum atomic E-state index is 5.84. The molecular weight excluding hydrogens is 224 g/mol. The maximum absolute atomic E-state index is 5.84. The van der Waals surface area contributed by atoms with Crippen molar-refractivity contribution in [1.82, 2.24) is 0 Å². The predicted molar refractivity (Wildman–Crippen MR) is 78.5 cm³/mol. The van der Waals surface area contributed by atoms with Crippen LogP contribution < -0.4 is 9.80 Å². The van der Waals surface area contributed by atoms with Gasteiger partial charge in [0.2, 0.25) is 0 Å². The van der Waals surface area contributed by atoms with Crippen LogP contribution in [0.4, 0.5) is 0 Å². The smallest absolute Gasteiger partial charge is 0.0766 e. The van der Waals surface area contributed by atoms with Crippen molar-refractivity contribution in [2.75, 3.05) is 47.9 Å². The third-order valence-corrected chi connectivity index (χ3v) is 3.31. The van der Waals surface area contributed by atoms with Crippen molar-refractivity contribution in [1.29, 1.82) is 0 Å². The van der Waals surface area contributed by atoms with Crippen molar-refractivity contribution >= 4 is 0 Å². The molecule has 0 spiro atoms.